The van der Waals surface area contributed by atoms with Crippen LogP contribution in [0, 0.1) is 0 Å². The van der Waals surface area contributed by atoms with Gasteiger partial charge in [0.2, 0.25) is 0 Å². The van der Waals surface area contributed by atoms with Crippen LogP contribution in [-0.2, 0) is 17.7 Å². The minimum atomic E-state index is -0.177. The molecule has 0 bridgehead atoms. The quantitative estimate of drug-likeness (QED) is 0.694. The molecule has 1 amide bonds. The first-order valence-electron chi connectivity index (χ1n) is 9.54. The highest BCUT2D eigenvalue weighted by Crippen LogP contribution is 2.16. The standard InChI is InChI=1S/C22H24N4O2/c27-22(21-19(15-23-25-21)14-17-4-2-1-3-5-17)24-20-8-6-18(7-9-20)16-26-10-12-28-13-11-26/h1-9,15H,10-14,16H2,(H,23,25)(H,24,27). The van der Waals surface area contributed by atoms with Crippen molar-refractivity contribution >= 4 is 11.6 Å². The number of benzene rings is 2. The molecule has 6 heteroatoms. The molecule has 2 heterocycles. The summed E-state index contributed by atoms with van der Waals surface area (Å²) in [5.74, 6) is -0.177. The molecule has 3 aromatic rings. The third-order valence-electron chi connectivity index (χ3n) is 4.90. The Bertz CT molecular complexity index is 900. The van der Waals surface area contributed by atoms with Crippen LogP contribution < -0.4 is 5.32 Å². The molecule has 1 fully saturated rings. The summed E-state index contributed by atoms with van der Waals surface area (Å²) >= 11 is 0. The molecule has 2 N–H and O–H groups in total. The summed E-state index contributed by atoms with van der Waals surface area (Å²) in [7, 11) is 0. The van der Waals surface area contributed by atoms with Crippen LogP contribution in [-0.4, -0.2) is 47.3 Å². The lowest BCUT2D eigenvalue weighted by Crippen LogP contribution is -2.35. The van der Waals surface area contributed by atoms with E-state index in [0.29, 0.717) is 12.1 Å². The number of hydrogen-bond donors (Lipinski definition) is 2. The highest BCUT2D eigenvalue weighted by molar-refractivity contribution is 6.03. The van der Waals surface area contributed by atoms with E-state index in [1.54, 1.807) is 6.20 Å². The van der Waals surface area contributed by atoms with E-state index in [0.717, 1.165) is 49.7 Å². The van der Waals surface area contributed by atoms with Crippen molar-refractivity contribution in [2.24, 2.45) is 0 Å². The average molecular weight is 376 g/mol. The van der Waals surface area contributed by atoms with Crippen molar-refractivity contribution in [3.05, 3.63) is 83.2 Å². The van der Waals surface area contributed by atoms with Gasteiger partial charge in [-0.3, -0.25) is 14.8 Å². The Labute approximate surface area is 164 Å². The molecule has 2 aromatic carbocycles. The van der Waals surface area contributed by atoms with Gasteiger partial charge in [0.15, 0.2) is 0 Å². The minimum absolute atomic E-state index is 0.177. The molecule has 0 spiro atoms. The number of aromatic amines is 1. The van der Waals surface area contributed by atoms with Gasteiger partial charge in [0.1, 0.15) is 5.69 Å². The van der Waals surface area contributed by atoms with E-state index in [9.17, 15) is 4.79 Å². The molecule has 0 aliphatic carbocycles. The first kappa shape index (κ1) is 18.4. The van der Waals surface area contributed by atoms with Crippen molar-refractivity contribution in [2.75, 3.05) is 31.6 Å². The van der Waals surface area contributed by atoms with E-state index in [2.05, 4.69) is 32.5 Å². The predicted octanol–water partition coefficient (Wildman–Crippen LogP) is 3.09. The van der Waals surface area contributed by atoms with E-state index in [1.165, 1.54) is 5.56 Å². The van der Waals surface area contributed by atoms with Crippen LogP contribution in [0.15, 0.2) is 60.8 Å². The second kappa shape index (κ2) is 8.82. The Morgan fingerprint density at radius 1 is 1.04 bits per heavy atom. The van der Waals surface area contributed by atoms with Gasteiger partial charge in [0.25, 0.3) is 5.91 Å². The fourth-order valence-electron chi connectivity index (χ4n) is 3.36. The number of amides is 1. The second-order valence-corrected chi connectivity index (χ2v) is 6.97. The summed E-state index contributed by atoms with van der Waals surface area (Å²) in [5, 5.41) is 9.85. The van der Waals surface area contributed by atoms with Crippen molar-refractivity contribution in [2.45, 2.75) is 13.0 Å². The lowest BCUT2D eigenvalue weighted by Gasteiger charge is -2.26. The molecule has 0 unspecified atom stereocenters. The maximum Gasteiger partial charge on any atom is 0.273 e. The van der Waals surface area contributed by atoms with E-state index in [1.807, 2.05) is 42.5 Å². The normalized spacial score (nSPS) is 14.7. The van der Waals surface area contributed by atoms with Gasteiger partial charge in [-0.2, -0.15) is 5.10 Å². The molecule has 144 valence electrons. The van der Waals surface area contributed by atoms with E-state index in [4.69, 9.17) is 4.74 Å². The summed E-state index contributed by atoms with van der Waals surface area (Å²) in [5.41, 5.74) is 4.53. The zero-order valence-electron chi connectivity index (χ0n) is 15.7. The average Bonchev–Trinajstić information content (AvgIpc) is 3.19. The number of rotatable bonds is 6. The topological polar surface area (TPSA) is 70.2 Å². The van der Waals surface area contributed by atoms with Crippen LogP contribution in [0.1, 0.15) is 27.2 Å². The zero-order chi connectivity index (χ0) is 19.2. The Morgan fingerprint density at radius 3 is 2.54 bits per heavy atom. The van der Waals surface area contributed by atoms with Crippen molar-refractivity contribution < 1.29 is 9.53 Å². The minimum Gasteiger partial charge on any atom is -0.379 e. The van der Waals surface area contributed by atoms with Crippen molar-refractivity contribution in [3.63, 3.8) is 0 Å². The monoisotopic (exact) mass is 376 g/mol. The SMILES string of the molecule is O=C(Nc1ccc(CN2CCOCC2)cc1)c1[nH]ncc1Cc1ccccc1. The highest BCUT2D eigenvalue weighted by Gasteiger charge is 2.15. The molecule has 1 aliphatic heterocycles. The molecule has 28 heavy (non-hydrogen) atoms. The molecule has 0 saturated carbocycles. The summed E-state index contributed by atoms with van der Waals surface area (Å²) in [6.45, 7) is 4.41. The molecule has 1 saturated heterocycles. The lowest BCUT2D eigenvalue weighted by atomic mass is 10.1. The van der Waals surface area contributed by atoms with E-state index in [-0.39, 0.29) is 5.91 Å². The highest BCUT2D eigenvalue weighted by atomic mass is 16.5. The van der Waals surface area contributed by atoms with Crippen LogP contribution in [0.5, 0.6) is 0 Å². The summed E-state index contributed by atoms with van der Waals surface area (Å²) in [4.78, 5) is 15.1. The first-order valence-corrected chi connectivity index (χ1v) is 9.54. The van der Waals surface area contributed by atoms with Gasteiger partial charge in [0.05, 0.1) is 19.4 Å². The van der Waals surface area contributed by atoms with Crippen LogP contribution >= 0.6 is 0 Å². The fourth-order valence-corrected chi connectivity index (χ4v) is 3.36. The second-order valence-electron chi connectivity index (χ2n) is 6.97. The molecular weight excluding hydrogens is 352 g/mol. The van der Waals surface area contributed by atoms with Crippen LogP contribution in [0.3, 0.4) is 0 Å². The number of nitrogens with one attached hydrogen (secondary N) is 2. The number of morpholine rings is 1. The Hall–Kier alpha value is -2.96. The number of carbonyl (C=O) groups excluding carboxylic acids is 1. The van der Waals surface area contributed by atoms with Gasteiger partial charge in [-0.1, -0.05) is 42.5 Å². The maximum atomic E-state index is 12.7. The van der Waals surface area contributed by atoms with Gasteiger partial charge in [-0.25, -0.2) is 0 Å². The number of carbonyl (C=O) groups is 1. The largest absolute Gasteiger partial charge is 0.379 e. The van der Waals surface area contributed by atoms with Crippen molar-refractivity contribution in [3.8, 4) is 0 Å². The van der Waals surface area contributed by atoms with Gasteiger partial charge in [-0.05, 0) is 23.3 Å². The predicted molar refractivity (Wildman–Crippen MR) is 108 cm³/mol. The Balaban J connectivity index is 1.38. The molecule has 6 nitrogen and oxygen atoms in total. The molecular formula is C22H24N4O2. The molecule has 1 aliphatic rings. The first-order chi connectivity index (χ1) is 13.8. The van der Waals surface area contributed by atoms with Gasteiger partial charge in [0, 0.05) is 37.3 Å². The maximum absolute atomic E-state index is 12.7. The van der Waals surface area contributed by atoms with E-state index < -0.39 is 0 Å². The number of nitrogens with zero attached hydrogens (tertiary/aromatic N) is 2. The van der Waals surface area contributed by atoms with Crippen LogP contribution in [0.2, 0.25) is 0 Å². The third-order valence-corrected chi connectivity index (χ3v) is 4.90. The number of hydrogen-bond acceptors (Lipinski definition) is 4. The molecule has 4 rings (SSSR count). The summed E-state index contributed by atoms with van der Waals surface area (Å²) < 4.78 is 5.39. The van der Waals surface area contributed by atoms with Gasteiger partial charge in [-0.15, -0.1) is 0 Å². The zero-order valence-corrected chi connectivity index (χ0v) is 15.7. The van der Waals surface area contributed by atoms with Crippen molar-refractivity contribution in [1.29, 1.82) is 0 Å². The van der Waals surface area contributed by atoms with Gasteiger partial charge < -0.3 is 10.1 Å². The summed E-state index contributed by atoms with van der Waals surface area (Å²) in [6, 6.07) is 18.1. The van der Waals surface area contributed by atoms with E-state index >= 15 is 0 Å². The van der Waals surface area contributed by atoms with Crippen LogP contribution in [0.25, 0.3) is 0 Å². The van der Waals surface area contributed by atoms with Gasteiger partial charge >= 0.3 is 0 Å². The fraction of sp³-hybridized carbons (Fsp3) is 0.273. The van der Waals surface area contributed by atoms with Crippen LogP contribution in [0.4, 0.5) is 5.69 Å². The number of aromatic nitrogens is 2. The molecule has 0 atom stereocenters. The molecule has 0 radical (unpaired) electrons. The Morgan fingerprint density at radius 2 is 1.79 bits per heavy atom. The van der Waals surface area contributed by atoms with Crippen molar-refractivity contribution in [1.82, 2.24) is 15.1 Å². The number of anilines is 1. The third kappa shape index (κ3) is 4.65. The summed E-state index contributed by atoms with van der Waals surface area (Å²) in [6.07, 6.45) is 2.38. The number of ether oxygens (including phenoxy) is 1. The Kier molecular flexibility index (Phi) is 5.80. The smallest absolute Gasteiger partial charge is 0.273 e. The molecule has 1 aromatic heterocycles. The number of H-pyrrole nitrogens is 1. The lowest BCUT2D eigenvalue weighted by molar-refractivity contribution is 0.0342.